The van der Waals surface area contributed by atoms with Gasteiger partial charge in [0.15, 0.2) is 19.0 Å². The van der Waals surface area contributed by atoms with Crippen molar-refractivity contribution in [3.8, 4) is 11.5 Å². The zero-order valence-electron chi connectivity index (χ0n) is 17.6. The Kier molecular flexibility index (Phi) is 6.95. The summed E-state index contributed by atoms with van der Waals surface area (Å²) in [5.41, 5.74) is 0.774. The van der Waals surface area contributed by atoms with Crippen molar-refractivity contribution in [3.63, 3.8) is 0 Å². The van der Waals surface area contributed by atoms with Gasteiger partial charge in [0.1, 0.15) is 18.0 Å². The molecule has 0 atom stereocenters. The molecule has 1 saturated carbocycles. The fourth-order valence-electron chi connectivity index (χ4n) is 4.00. The number of carbonyl (C=O) groups is 3. The van der Waals surface area contributed by atoms with Crippen LogP contribution in [0.5, 0.6) is 11.5 Å². The van der Waals surface area contributed by atoms with Gasteiger partial charge in [-0.1, -0.05) is 36.9 Å². The number of benzene rings is 2. The molecule has 7 nitrogen and oxygen atoms in total. The third-order valence-corrected chi connectivity index (χ3v) is 5.90. The lowest BCUT2D eigenvalue weighted by Gasteiger charge is -2.30. The van der Waals surface area contributed by atoms with Crippen molar-refractivity contribution in [3.05, 3.63) is 53.1 Å². The lowest BCUT2D eigenvalue weighted by atomic mass is 9.95. The summed E-state index contributed by atoms with van der Waals surface area (Å²) in [7, 11) is 0. The van der Waals surface area contributed by atoms with E-state index in [-0.39, 0.29) is 43.4 Å². The van der Waals surface area contributed by atoms with E-state index in [0.29, 0.717) is 27.8 Å². The van der Waals surface area contributed by atoms with Crippen LogP contribution in [-0.4, -0.2) is 43.4 Å². The molecule has 2 aromatic rings. The second-order valence-electron chi connectivity index (χ2n) is 8.02. The van der Waals surface area contributed by atoms with Crippen LogP contribution < -0.4 is 19.7 Å². The van der Waals surface area contributed by atoms with Gasteiger partial charge in [0.25, 0.3) is 5.91 Å². The van der Waals surface area contributed by atoms with Crippen LogP contribution in [0.25, 0.3) is 0 Å². The number of carbonyl (C=O) groups excluding carboxylic acids is 3. The fraction of sp³-hybridized carbons (Fsp3) is 0.375. The van der Waals surface area contributed by atoms with Crippen molar-refractivity contribution in [1.29, 1.82) is 0 Å². The highest BCUT2D eigenvalue weighted by molar-refractivity contribution is 6.30. The lowest BCUT2D eigenvalue weighted by molar-refractivity contribution is -0.125. The highest BCUT2D eigenvalue weighted by atomic mass is 35.5. The van der Waals surface area contributed by atoms with Crippen LogP contribution in [-0.2, 0) is 9.59 Å². The Balaban J connectivity index is 1.45. The number of nitrogens with zero attached hydrogens (tertiary/aromatic N) is 1. The Bertz CT molecular complexity index is 1020. The number of halogens is 1. The van der Waals surface area contributed by atoms with Gasteiger partial charge < -0.3 is 14.8 Å². The molecule has 1 N–H and O–H groups in total. The number of hydrogen-bond acceptors (Lipinski definition) is 5. The Morgan fingerprint density at radius 3 is 2.72 bits per heavy atom. The molecule has 0 aromatic heterocycles. The van der Waals surface area contributed by atoms with E-state index in [1.54, 1.807) is 42.5 Å². The number of rotatable bonds is 7. The van der Waals surface area contributed by atoms with E-state index in [2.05, 4.69) is 5.32 Å². The summed E-state index contributed by atoms with van der Waals surface area (Å²) in [6.07, 6.45) is 5.33. The van der Waals surface area contributed by atoms with Gasteiger partial charge in [-0.05, 0) is 49.2 Å². The van der Waals surface area contributed by atoms with Gasteiger partial charge in [-0.2, -0.15) is 0 Å². The number of fused-ring (bicyclic) bond motifs is 1. The van der Waals surface area contributed by atoms with E-state index in [9.17, 15) is 14.4 Å². The molecule has 0 radical (unpaired) electrons. The van der Waals surface area contributed by atoms with Crippen molar-refractivity contribution in [2.24, 2.45) is 0 Å². The van der Waals surface area contributed by atoms with E-state index in [1.807, 2.05) is 0 Å². The van der Waals surface area contributed by atoms with E-state index >= 15 is 0 Å². The van der Waals surface area contributed by atoms with Crippen LogP contribution in [0, 0.1) is 0 Å². The molecule has 0 spiro atoms. The van der Waals surface area contributed by atoms with Gasteiger partial charge in [0.2, 0.25) is 5.91 Å². The summed E-state index contributed by atoms with van der Waals surface area (Å²) < 4.78 is 11.0. The number of amides is 2. The molecular formula is C24H25ClN2O5. The maximum Gasteiger partial charge on any atom is 0.265 e. The van der Waals surface area contributed by atoms with E-state index < -0.39 is 0 Å². The van der Waals surface area contributed by atoms with Gasteiger partial charge >= 0.3 is 0 Å². The van der Waals surface area contributed by atoms with Crippen molar-refractivity contribution in [2.75, 3.05) is 24.7 Å². The summed E-state index contributed by atoms with van der Waals surface area (Å²) in [5.74, 6) is 0.151. The first-order valence-electron chi connectivity index (χ1n) is 10.8. The largest absolute Gasteiger partial charge is 0.485 e. The molecule has 0 bridgehead atoms. The highest BCUT2D eigenvalue weighted by Gasteiger charge is 2.29. The SMILES string of the molecule is O=C(CN1C(=O)COc2ccc(C(=O)COc3cccc(Cl)c3)cc21)NC1CCCCC1. The zero-order chi connectivity index (χ0) is 22.5. The summed E-state index contributed by atoms with van der Waals surface area (Å²) in [4.78, 5) is 39.2. The van der Waals surface area contributed by atoms with Gasteiger partial charge in [0.05, 0.1) is 5.69 Å². The van der Waals surface area contributed by atoms with Gasteiger partial charge in [-0.25, -0.2) is 0 Å². The minimum atomic E-state index is -0.323. The van der Waals surface area contributed by atoms with E-state index in [0.717, 1.165) is 25.7 Å². The monoisotopic (exact) mass is 456 g/mol. The molecule has 1 aliphatic carbocycles. The third kappa shape index (κ3) is 5.40. The number of hydrogen-bond donors (Lipinski definition) is 1. The predicted octanol–water partition coefficient (Wildman–Crippen LogP) is 3.78. The van der Waals surface area contributed by atoms with Crippen LogP contribution in [0.2, 0.25) is 5.02 Å². The minimum absolute atomic E-state index is 0.109. The minimum Gasteiger partial charge on any atom is -0.485 e. The Hall–Kier alpha value is -3.06. The Morgan fingerprint density at radius 2 is 1.94 bits per heavy atom. The topological polar surface area (TPSA) is 84.9 Å². The molecule has 32 heavy (non-hydrogen) atoms. The average Bonchev–Trinajstić information content (AvgIpc) is 2.80. The van der Waals surface area contributed by atoms with Crippen molar-refractivity contribution in [2.45, 2.75) is 38.1 Å². The zero-order valence-corrected chi connectivity index (χ0v) is 18.4. The predicted molar refractivity (Wildman–Crippen MR) is 121 cm³/mol. The average molecular weight is 457 g/mol. The molecule has 0 saturated heterocycles. The normalized spacial score (nSPS) is 16.2. The smallest absolute Gasteiger partial charge is 0.265 e. The molecule has 168 valence electrons. The van der Waals surface area contributed by atoms with Gasteiger partial charge in [0, 0.05) is 16.6 Å². The molecule has 2 aliphatic rings. The van der Waals surface area contributed by atoms with Crippen LogP contribution in [0.4, 0.5) is 5.69 Å². The second-order valence-corrected chi connectivity index (χ2v) is 8.46. The number of ketones is 1. The van der Waals surface area contributed by atoms with Crippen LogP contribution in [0.15, 0.2) is 42.5 Å². The second kappa shape index (κ2) is 10.0. The summed E-state index contributed by atoms with van der Waals surface area (Å²) in [6.45, 7) is -0.437. The van der Waals surface area contributed by atoms with Crippen molar-refractivity contribution in [1.82, 2.24) is 5.32 Å². The fourth-order valence-corrected chi connectivity index (χ4v) is 4.18. The van der Waals surface area contributed by atoms with Gasteiger partial charge in [-0.15, -0.1) is 0 Å². The highest BCUT2D eigenvalue weighted by Crippen LogP contribution is 2.33. The molecule has 2 amide bonds. The summed E-state index contributed by atoms with van der Waals surface area (Å²) >= 11 is 5.94. The summed E-state index contributed by atoms with van der Waals surface area (Å²) in [6, 6.07) is 11.8. The maximum absolute atomic E-state index is 12.7. The maximum atomic E-state index is 12.7. The molecule has 2 aromatic carbocycles. The molecular weight excluding hydrogens is 432 g/mol. The first-order valence-corrected chi connectivity index (χ1v) is 11.2. The van der Waals surface area contributed by atoms with Gasteiger partial charge in [-0.3, -0.25) is 19.3 Å². The number of Topliss-reactive ketones (excluding diaryl/α,β-unsaturated/α-hetero) is 1. The molecule has 8 heteroatoms. The van der Waals surface area contributed by atoms with Crippen molar-refractivity contribution >= 4 is 34.9 Å². The molecule has 1 fully saturated rings. The van der Waals surface area contributed by atoms with E-state index in [4.69, 9.17) is 21.1 Å². The molecule has 1 heterocycles. The molecule has 1 aliphatic heterocycles. The molecule has 0 unspecified atom stereocenters. The first kappa shape index (κ1) is 22.1. The third-order valence-electron chi connectivity index (χ3n) is 5.66. The quantitative estimate of drug-likeness (QED) is 0.641. The number of nitrogens with one attached hydrogen (secondary N) is 1. The Morgan fingerprint density at radius 1 is 1.12 bits per heavy atom. The first-order chi connectivity index (χ1) is 15.5. The number of anilines is 1. The van der Waals surface area contributed by atoms with Crippen LogP contribution >= 0.6 is 11.6 Å². The lowest BCUT2D eigenvalue weighted by Crippen LogP contribution is -2.47. The molecule has 4 rings (SSSR count). The van der Waals surface area contributed by atoms with E-state index in [1.165, 1.54) is 11.3 Å². The Labute approximate surface area is 191 Å². The standard InChI is InChI=1S/C24H25ClN2O5/c25-17-5-4-8-19(12-17)31-14-21(28)16-9-10-22-20(11-16)27(24(30)15-32-22)13-23(29)26-18-6-2-1-3-7-18/h4-5,8-12,18H,1-3,6-7,13-15H2,(H,26,29). The van der Waals surface area contributed by atoms with Crippen LogP contribution in [0.1, 0.15) is 42.5 Å². The van der Waals surface area contributed by atoms with Crippen molar-refractivity contribution < 1.29 is 23.9 Å². The van der Waals surface area contributed by atoms with Crippen LogP contribution in [0.3, 0.4) is 0 Å². The summed E-state index contributed by atoms with van der Waals surface area (Å²) in [5, 5.41) is 3.54. The number of ether oxygens (including phenoxy) is 2.